The molecule has 5 rings (SSSR count). The summed E-state index contributed by atoms with van der Waals surface area (Å²) >= 11 is 0. The fourth-order valence-electron chi connectivity index (χ4n) is 3.48. The molecule has 0 saturated carbocycles. The van der Waals surface area contributed by atoms with Crippen LogP contribution in [0.25, 0.3) is 5.82 Å². The van der Waals surface area contributed by atoms with Gasteiger partial charge in [0.1, 0.15) is 25.3 Å². The van der Waals surface area contributed by atoms with Gasteiger partial charge in [-0.15, -0.1) is 0 Å². The van der Waals surface area contributed by atoms with E-state index in [2.05, 4.69) is 19.8 Å². The first-order chi connectivity index (χ1) is 16.4. The molecule has 10 nitrogen and oxygen atoms in total. The Morgan fingerprint density at radius 2 is 1.71 bits per heavy atom. The zero-order valence-electron chi connectivity index (χ0n) is 18.4. The number of benzene rings is 2. The fraction of sp³-hybridized carbons (Fsp3) is 0.174. The van der Waals surface area contributed by atoms with E-state index >= 15 is 0 Å². The first-order valence-electron chi connectivity index (χ1n) is 10.4. The molecule has 174 valence electrons. The Kier molecular flexibility index (Phi) is 5.54. The summed E-state index contributed by atoms with van der Waals surface area (Å²) in [6.45, 7) is 4.66. The highest BCUT2D eigenvalue weighted by atomic mass is 32.2. The standard InChI is InChI=1S/C23H21N5O5S/c1-15-11-16(2)28(26-15)22-13-23(25-14-24-22)33-18-5-3-17(4-6-18)27-34(29,30)19-7-8-20-21(12-19)32-10-9-31-20/h3-8,11-14,27H,9-10H2,1-2H3. The number of ether oxygens (including phenoxy) is 3. The number of nitrogens with one attached hydrogen (secondary N) is 1. The quantitative estimate of drug-likeness (QED) is 0.445. The lowest BCUT2D eigenvalue weighted by atomic mass is 10.3. The van der Waals surface area contributed by atoms with Gasteiger partial charge in [-0.2, -0.15) is 5.10 Å². The Morgan fingerprint density at radius 1 is 0.941 bits per heavy atom. The molecule has 0 amide bonds. The van der Waals surface area contributed by atoms with Gasteiger partial charge in [0.25, 0.3) is 10.0 Å². The Hall–Kier alpha value is -4.12. The Morgan fingerprint density at radius 3 is 2.44 bits per heavy atom. The van der Waals surface area contributed by atoms with Gasteiger partial charge >= 0.3 is 0 Å². The second-order valence-electron chi connectivity index (χ2n) is 7.59. The van der Waals surface area contributed by atoms with Crippen LogP contribution in [0, 0.1) is 13.8 Å². The molecule has 34 heavy (non-hydrogen) atoms. The summed E-state index contributed by atoms with van der Waals surface area (Å²) in [4.78, 5) is 8.48. The molecule has 4 aromatic rings. The first kappa shape index (κ1) is 21.7. The van der Waals surface area contributed by atoms with Crippen molar-refractivity contribution in [1.82, 2.24) is 19.7 Å². The van der Waals surface area contributed by atoms with Crippen LogP contribution in [0.1, 0.15) is 11.4 Å². The van der Waals surface area contributed by atoms with Crippen LogP contribution in [-0.2, 0) is 10.0 Å². The molecule has 0 saturated heterocycles. The molecule has 2 aromatic heterocycles. The summed E-state index contributed by atoms with van der Waals surface area (Å²) in [6.07, 6.45) is 1.40. The minimum Gasteiger partial charge on any atom is -0.486 e. The van der Waals surface area contributed by atoms with Crippen molar-refractivity contribution in [2.24, 2.45) is 0 Å². The van der Waals surface area contributed by atoms with E-state index in [1.807, 2.05) is 19.9 Å². The van der Waals surface area contributed by atoms with Crippen molar-refractivity contribution >= 4 is 15.7 Å². The predicted molar refractivity (Wildman–Crippen MR) is 123 cm³/mol. The van der Waals surface area contributed by atoms with Crippen LogP contribution in [0.3, 0.4) is 0 Å². The minimum atomic E-state index is -3.81. The highest BCUT2D eigenvalue weighted by Gasteiger charge is 2.19. The van der Waals surface area contributed by atoms with Gasteiger partial charge in [-0.05, 0) is 56.3 Å². The van der Waals surface area contributed by atoms with Crippen LogP contribution in [-0.4, -0.2) is 41.4 Å². The monoisotopic (exact) mass is 479 g/mol. The number of rotatable bonds is 6. The zero-order chi connectivity index (χ0) is 23.7. The maximum atomic E-state index is 12.8. The molecule has 0 aliphatic carbocycles. The molecule has 2 aromatic carbocycles. The van der Waals surface area contributed by atoms with Crippen molar-refractivity contribution in [3.63, 3.8) is 0 Å². The van der Waals surface area contributed by atoms with Crippen LogP contribution in [0.5, 0.6) is 23.1 Å². The Labute approximate surface area is 196 Å². The van der Waals surface area contributed by atoms with Crippen LogP contribution < -0.4 is 18.9 Å². The summed E-state index contributed by atoms with van der Waals surface area (Å²) in [7, 11) is -3.81. The topological polar surface area (TPSA) is 117 Å². The average molecular weight is 480 g/mol. The second-order valence-corrected chi connectivity index (χ2v) is 9.27. The van der Waals surface area contributed by atoms with E-state index in [0.717, 1.165) is 11.4 Å². The van der Waals surface area contributed by atoms with E-state index in [1.54, 1.807) is 41.1 Å². The summed E-state index contributed by atoms with van der Waals surface area (Å²) in [5, 5.41) is 4.41. The number of aromatic nitrogens is 4. The molecular formula is C23H21N5O5S. The number of sulfonamides is 1. The first-order valence-corrected chi connectivity index (χ1v) is 11.9. The lowest BCUT2D eigenvalue weighted by molar-refractivity contribution is 0.171. The largest absolute Gasteiger partial charge is 0.486 e. The smallest absolute Gasteiger partial charge is 0.262 e. The van der Waals surface area contributed by atoms with Crippen LogP contribution in [0.15, 0.2) is 65.8 Å². The van der Waals surface area contributed by atoms with E-state index in [4.69, 9.17) is 14.2 Å². The number of hydrogen-bond donors (Lipinski definition) is 1. The van der Waals surface area contributed by atoms with Crippen LogP contribution >= 0.6 is 0 Å². The molecule has 0 fully saturated rings. The Balaban J connectivity index is 1.30. The van der Waals surface area contributed by atoms with Gasteiger partial charge in [0, 0.05) is 23.5 Å². The van der Waals surface area contributed by atoms with Gasteiger partial charge < -0.3 is 14.2 Å². The maximum absolute atomic E-state index is 12.8. The van der Waals surface area contributed by atoms with Gasteiger partial charge in [0.05, 0.1) is 10.6 Å². The highest BCUT2D eigenvalue weighted by Crippen LogP contribution is 2.33. The van der Waals surface area contributed by atoms with E-state index in [1.165, 1.54) is 18.5 Å². The van der Waals surface area contributed by atoms with E-state index in [-0.39, 0.29) is 4.90 Å². The third-order valence-electron chi connectivity index (χ3n) is 5.01. The van der Waals surface area contributed by atoms with Gasteiger partial charge in [-0.25, -0.2) is 23.1 Å². The maximum Gasteiger partial charge on any atom is 0.262 e. The third-order valence-corrected chi connectivity index (χ3v) is 6.39. The second kappa shape index (κ2) is 8.67. The molecule has 0 atom stereocenters. The van der Waals surface area contributed by atoms with Crippen molar-refractivity contribution in [1.29, 1.82) is 0 Å². The van der Waals surface area contributed by atoms with Gasteiger partial charge in [-0.1, -0.05) is 0 Å². The molecule has 1 aliphatic rings. The van der Waals surface area contributed by atoms with E-state index in [9.17, 15) is 8.42 Å². The van der Waals surface area contributed by atoms with Crippen molar-refractivity contribution in [2.45, 2.75) is 18.7 Å². The third kappa shape index (κ3) is 4.50. The molecule has 0 bridgehead atoms. The molecule has 0 radical (unpaired) electrons. The minimum absolute atomic E-state index is 0.0785. The van der Waals surface area contributed by atoms with Crippen molar-refractivity contribution in [3.8, 4) is 28.9 Å². The summed E-state index contributed by atoms with van der Waals surface area (Å²) in [5.74, 6) is 2.34. The Bertz CT molecular complexity index is 1450. The number of hydrogen-bond acceptors (Lipinski definition) is 8. The van der Waals surface area contributed by atoms with E-state index in [0.29, 0.717) is 47.8 Å². The lowest BCUT2D eigenvalue weighted by Gasteiger charge is -2.19. The van der Waals surface area contributed by atoms with Crippen molar-refractivity contribution in [2.75, 3.05) is 17.9 Å². The number of fused-ring (bicyclic) bond motifs is 1. The lowest BCUT2D eigenvalue weighted by Crippen LogP contribution is -2.17. The van der Waals surface area contributed by atoms with Crippen LogP contribution in [0.4, 0.5) is 5.69 Å². The van der Waals surface area contributed by atoms with Gasteiger partial charge in [-0.3, -0.25) is 4.72 Å². The van der Waals surface area contributed by atoms with E-state index < -0.39 is 10.0 Å². The summed E-state index contributed by atoms with van der Waals surface area (Å²) < 4.78 is 46.6. The molecule has 3 heterocycles. The normalized spacial score (nSPS) is 12.9. The average Bonchev–Trinajstić information content (AvgIpc) is 3.18. The van der Waals surface area contributed by atoms with Crippen LogP contribution in [0.2, 0.25) is 0 Å². The number of aryl methyl sites for hydroxylation is 2. The predicted octanol–water partition coefficient (Wildman–Crippen LogP) is 3.64. The van der Waals surface area contributed by atoms with Gasteiger partial charge in [0.2, 0.25) is 5.88 Å². The summed E-state index contributed by atoms with van der Waals surface area (Å²) in [5.41, 5.74) is 2.21. The molecular weight excluding hydrogens is 458 g/mol. The molecule has 11 heteroatoms. The summed E-state index contributed by atoms with van der Waals surface area (Å²) in [6, 6.07) is 14.6. The molecule has 0 unspecified atom stereocenters. The molecule has 1 N–H and O–H groups in total. The van der Waals surface area contributed by atoms with Crippen molar-refractivity contribution in [3.05, 3.63) is 72.3 Å². The molecule has 1 aliphatic heterocycles. The molecule has 0 spiro atoms. The fourth-order valence-corrected chi connectivity index (χ4v) is 4.55. The SMILES string of the molecule is Cc1cc(C)n(-c2cc(Oc3ccc(NS(=O)(=O)c4ccc5c(c4)OCCO5)cc3)ncn2)n1. The number of nitrogens with zero attached hydrogens (tertiary/aromatic N) is 4. The van der Waals surface area contributed by atoms with Gasteiger partial charge in [0.15, 0.2) is 17.3 Å². The highest BCUT2D eigenvalue weighted by molar-refractivity contribution is 7.92. The number of anilines is 1. The van der Waals surface area contributed by atoms with Crippen molar-refractivity contribution < 1.29 is 22.6 Å². The zero-order valence-corrected chi connectivity index (χ0v) is 19.2.